The normalized spacial score (nSPS) is 19.7. The number of benzene rings is 2. The SMILES string of the molecule is CCC1CCCCN1S(=O)(=O)c1ccc(C(=O)N2CCN(c3nc4ccc(SC)cc4s3)CC2)cc1. The van der Waals surface area contributed by atoms with Crippen LogP contribution in [0.1, 0.15) is 43.0 Å². The summed E-state index contributed by atoms with van der Waals surface area (Å²) in [5.41, 5.74) is 1.54. The highest BCUT2D eigenvalue weighted by atomic mass is 32.2. The molecule has 2 aliphatic heterocycles. The Morgan fingerprint density at radius 2 is 1.81 bits per heavy atom. The molecule has 36 heavy (non-hydrogen) atoms. The number of nitrogens with zero attached hydrogens (tertiary/aromatic N) is 4. The van der Waals surface area contributed by atoms with Crippen molar-refractivity contribution in [2.75, 3.05) is 43.9 Å². The van der Waals surface area contributed by atoms with Crippen LogP contribution in [-0.4, -0.2) is 73.5 Å². The predicted molar refractivity (Wildman–Crippen MR) is 148 cm³/mol. The Labute approximate surface area is 221 Å². The van der Waals surface area contributed by atoms with Crippen molar-refractivity contribution in [1.29, 1.82) is 0 Å². The van der Waals surface area contributed by atoms with E-state index in [9.17, 15) is 13.2 Å². The van der Waals surface area contributed by atoms with Crippen molar-refractivity contribution in [2.45, 2.75) is 48.4 Å². The molecule has 10 heteroatoms. The van der Waals surface area contributed by atoms with Gasteiger partial charge < -0.3 is 9.80 Å². The van der Waals surface area contributed by atoms with Crippen molar-refractivity contribution in [2.24, 2.45) is 0 Å². The zero-order valence-electron chi connectivity index (χ0n) is 20.7. The number of piperidine rings is 1. The van der Waals surface area contributed by atoms with E-state index < -0.39 is 10.0 Å². The molecule has 5 rings (SSSR count). The fourth-order valence-corrected chi connectivity index (χ4v) is 8.38. The number of piperazine rings is 1. The standard InChI is InChI=1S/C26H32N4O3S3/c1-3-20-6-4-5-13-30(20)36(32,33)22-10-7-19(8-11-22)25(31)28-14-16-29(17-15-28)26-27-23-12-9-21(34-2)18-24(23)35-26/h7-12,18,20H,3-6,13-17H2,1-2H3. The van der Waals surface area contributed by atoms with Crippen LogP contribution in [0.3, 0.4) is 0 Å². The number of anilines is 1. The molecule has 0 N–H and O–H groups in total. The topological polar surface area (TPSA) is 73.8 Å². The van der Waals surface area contributed by atoms with E-state index in [-0.39, 0.29) is 16.8 Å². The number of thiazole rings is 1. The molecule has 2 saturated heterocycles. The molecule has 0 saturated carbocycles. The summed E-state index contributed by atoms with van der Waals surface area (Å²) in [6.45, 7) is 5.27. The van der Waals surface area contributed by atoms with E-state index in [2.05, 4.69) is 29.4 Å². The Hall–Kier alpha value is -2.14. The van der Waals surface area contributed by atoms with Gasteiger partial charge in [-0.25, -0.2) is 13.4 Å². The zero-order chi connectivity index (χ0) is 25.3. The van der Waals surface area contributed by atoms with Crippen molar-refractivity contribution < 1.29 is 13.2 Å². The van der Waals surface area contributed by atoms with Crippen molar-refractivity contribution in [1.82, 2.24) is 14.2 Å². The van der Waals surface area contributed by atoms with Crippen molar-refractivity contribution in [3.63, 3.8) is 0 Å². The van der Waals surface area contributed by atoms with Crippen LogP contribution < -0.4 is 4.90 Å². The second-order valence-electron chi connectivity index (χ2n) is 9.31. The first kappa shape index (κ1) is 25.5. The number of amides is 1. The van der Waals surface area contributed by atoms with Crippen LogP contribution >= 0.6 is 23.1 Å². The lowest BCUT2D eigenvalue weighted by atomic mass is 10.0. The van der Waals surface area contributed by atoms with Crippen LogP contribution in [0.4, 0.5) is 5.13 Å². The van der Waals surface area contributed by atoms with Gasteiger partial charge in [0.1, 0.15) is 0 Å². The first-order valence-corrected chi connectivity index (χ1v) is 16.0. The van der Waals surface area contributed by atoms with Crippen LogP contribution in [0, 0.1) is 0 Å². The van der Waals surface area contributed by atoms with Gasteiger partial charge >= 0.3 is 0 Å². The molecule has 1 aromatic heterocycles. The lowest BCUT2D eigenvalue weighted by Gasteiger charge is -2.35. The summed E-state index contributed by atoms with van der Waals surface area (Å²) in [6, 6.07) is 12.9. The molecule has 0 aliphatic carbocycles. The summed E-state index contributed by atoms with van der Waals surface area (Å²) >= 11 is 3.42. The number of hydrogen-bond acceptors (Lipinski definition) is 7. The molecule has 192 valence electrons. The second-order valence-corrected chi connectivity index (χ2v) is 13.1. The first-order chi connectivity index (χ1) is 17.4. The molecule has 0 spiro atoms. The maximum atomic E-state index is 13.2. The second kappa shape index (κ2) is 10.7. The molecule has 3 heterocycles. The third-order valence-electron chi connectivity index (χ3n) is 7.17. The Morgan fingerprint density at radius 1 is 1.06 bits per heavy atom. The summed E-state index contributed by atoms with van der Waals surface area (Å²) in [6.07, 6.45) is 5.77. The lowest BCUT2D eigenvalue weighted by molar-refractivity contribution is 0.0746. The third-order valence-corrected chi connectivity index (χ3v) is 10.9. The van der Waals surface area contributed by atoms with Gasteiger partial charge in [0.15, 0.2) is 5.13 Å². The number of rotatable bonds is 6. The highest BCUT2D eigenvalue weighted by Crippen LogP contribution is 2.32. The molecular formula is C26H32N4O3S3. The first-order valence-electron chi connectivity index (χ1n) is 12.5. The van der Waals surface area contributed by atoms with Crippen LogP contribution in [0.25, 0.3) is 10.2 Å². The summed E-state index contributed by atoms with van der Waals surface area (Å²) < 4.78 is 29.3. The van der Waals surface area contributed by atoms with Crippen LogP contribution in [0.5, 0.6) is 0 Å². The van der Waals surface area contributed by atoms with Gasteiger partial charge in [-0.05, 0) is 68.0 Å². The average molecular weight is 545 g/mol. The molecule has 2 aromatic carbocycles. The maximum Gasteiger partial charge on any atom is 0.253 e. The van der Waals surface area contributed by atoms with E-state index >= 15 is 0 Å². The predicted octanol–water partition coefficient (Wildman–Crippen LogP) is 4.93. The highest BCUT2D eigenvalue weighted by Gasteiger charge is 2.32. The number of sulfonamides is 1. The zero-order valence-corrected chi connectivity index (χ0v) is 23.2. The van der Waals surface area contributed by atoms with Gasteiger partial charge in [0.25, 0.3) is 5.91 Å². The fraction of sp³-hybridized carbons (Fsp3) is 0.462. The van der Waals surface area contributed by atoms with Gasteiger partial charge in [-0.1, -0.05) is 24.7 Å². The number of aromatic nitrogens is 1. The molecular weight excluding hydrogens is 513 g/mol. The molecule has 0 radical (unpaired) electrons. The molecule has 1 unspecified atom stereocenters. The van der Waals surface area contributed by atoms with E-state index in [1.165, 1.54) is 9.60 Å². The highest BCUT2D eigenvalue weighted by molar-refractivity contribution is 7.98. The monoisotopic (exact) mass is 544 g/mol. The summed E-state index contributed by atoms with van der Waals surface area (Å²) in [5.74, 6) is -0.0584. The number of carbonyl (C=O) groups excluding carboxylic acids is 1. The Morgan fingerprint density at radius 3 is 2.50 bits per heavy atom. The van der Waals surface area contributed by atoms with Gasteiger partial charge in [-0.15, -0.1) is 11.8 Å². The molecule has 0 bridgehead atoms. The van der Waals surface area contributed by atoms with Crippen LogP contribution in [0.15, 0.2) is 52.3 Å². The summed E-state index contributed by atoms with van der Waals surface area (Å²) in [5, 5.41) is 0.994. The van der Waals surface area contributed by atoms with Gasteiger partial charge in [0.2, 0.25) is 10.0 Å². The molecule has 7 nitrogen and oxygen atoms in total. The number of thioether (sulfide) groups is 1. The molecule has 1 atom stereocenters. The van der Waals surface area contributed by atoms with Gasteiger partial charge in [0.05, 0.1) is 15.1 Å². The van der Waals surface area contributed by atoms with E-state index in [4.69, 9.17) is 4.98 Å². The van der Waals surface area contributed by atoms with Crippen molar-refractivity contribution >= 4 is 54.4 Å². The minimum Gasteiger partial charge on any atom is -0.345 e. The maximum absolute atomic E-state index is 13.2. The largest absolute Gasteiger partial charge is 0.345 e. The molecule has 2 aliphatic rings. The smallest absolute Gasteiger partial charge is 0.253 e. The molecule has 2 fully saturated rings. The average Bonchev–Trinajstić information content (AvgIpc) is 3.36. The van der Waals surface area contributed by atoms with Gasteiger partial charge in [-0.2, -0.15) is 4.31 Å². The molecule has 1 amide bonds. The summed E-state index contributed by atoms with van der Waals surface area (Å²) in [4.78, 5) is 23.5. The minimum atomic E-state index is -3.55. The quantitative estimate of drug-likeness (QED) is 0.410. The Kier molecular flexibility index (Phi) is 7.57. The Balaban J connectivity index is 1.23. The van der Waals surface area contributed by atoms with Gasteiger partial charge in [-0.3, -0.25) is 4.79 Å². The van der Waals surface area contributed by atoms with Crippen molar-refractivity contribution in [3.05, 3.63) is 48.0 Å². The van der Waals surface area contributed by atoms with Crippen LogP contribution in [-0.2, 0) is 10.0 Å². The Bertz CT molecular complexity index is 1330. The van der Waals surface area contributed by atoms with E-state index in [0.717, 1.165) is 49.4 Å². The summed E-state index contributed by atoms with van der Waals surface area (Å²) in [7, 11) is -3.55. The van der Waals surface area contributed by atoms with E-state index in [1.807, 2.05) is 11.8 Å². The minimum absolute atomic E-state index is 0.0584. The van der Waals surface area contributed by atoms with Crippen molar-refractivity contribution in [3.8, 4) is 0 Å². The van der Waals surface area contributed by atoms with Crippen LogP contribution in [0.2, 0.25) is 0 Å². The van der Waals surface area contributed by atoms with Gasteiger partial charge in [0, 0.05) is 49.2 Å². The number of hydrogen-bond donors (Lipinski definition) is 0. The lowest BCUT2D eigenvalue weighted by Crippen LogP contribution is -2.48. The number of carbonyl (C=O) groups is 1. The fourth-order valence-electron chi connectivity index (χ4n) is 5.04. The number of fused-ring (bicyclic) bond motifs is 1. The van der Waals surface area contributed by atoms with E-state index in [0.29, 0.717) is 25.2 Å². The molecule has 3 aromatic rings. The third kappa shape index (κ3) is 5.01. The van der Waals surface area contributed by atoms with E-state index in [1.54, 1.807) is 51.7 Å².